The van der Waals surface area contributed by atoms with Crippen molar-refractivity contribution in [3.8, 4) is 11.8 Å². The first kappa shape index (κ1) is 32.3. The smallest absolute Gasteiger partial charge is 0.222 e. The van der Waals surface area contributed by atoms with E-state index in [1.165, 1.54) is 103 Å². The molecule has 0 aliphatic heterocycles. The summed E-state index contributed by atoms with van der Waals surface area (Å²) in [7, 11) is 0. The molecule has 4 nitrogen and oxygen atoms in total. The number of benzene rings is 2. The Hall–Kier alpha value is -2.62. The van der Waals surface area contributed by atoms with E-state index >= 15 is 0 Å². The number of hydrogen-bond donors (Lipinski definition) is 0. The normalized spacial score (nSPS) is 13.3. The van der Waals surface area contributed by atoms with Crippen LogP contribution in [0, 0.1) is 11.8 Å². The van der Waals surface area contributed by atoms with E-state index in [4.69, 9.17) is 19.4 Å². The average molecular weight is 573 g/mol. The predicted octanol–water partition coefficient (Wildman–Crippen LogP) is 11.7. The summed E-state index contributed by atoms with van der Waals surface area (Å²) in [5.41, 5.74) is 1.93. The molecule has 2 atom stereocenters. The van der Waals surface area contributed by atoms with Crippen molar-refractivity contribution in [3.63, 3.8) is 0 Å². The lowest BCUT2D eigenvalue weighted by Gasteiger charge is -2.21. The molecule has 0 bridgehead atoms. The van der Waals surface area contributed by atoms with E-state index in [1.54, 1.807) is 0 Å². The summed E-state index contributed by atoms with van der Waals surface area (Å²) in [5, 5.41) is 4.42. The van der Waals surface area contributed by atoms with Gasteiger partial charge in [-0.25, -0.2) is 9.97 Å². The Morgan fingerprint density at radius 2 is 0.905 bits per heavy atom. The van der Waals surface area contributed by atoms with E-state index in [0.717, 1.165) is 57.6 Å². The fourth-order valence-corrected chi connectivity index (χ4v) is 6.43. The molecule has 4 rings (SSSR count). The molecule has 4 aromatic rings. The molecule has 0 amide bonds. The molecule has 0 aliphatic carbocycles. The van der Waals surface area contributed by atoms with Crippen LogP contribution in [0.4, 0.5) is 0 Å². The predicted molar refractivity (Wildman–Crippen MR) is 180 cm³/mol. The SMILES string of the molecule is CCCCCCC(CCCC)COc1nc2cccc3c(OCC(CCCC)CCCCCC)nc4cccc1c4c23. The van der Waals surface area contributed by atoms with Gasteiger partial charge in [0, 0.05) is 21.5 Å². The molecule has 2 unspecified atom stereocenters. The van der Waals surface area contributed by atoms with Gasteiger partial charge in [0.05, 0.1) is 24.2 Å². The average Bonchev–Trinajstić information content (AvgIpc) is 3.02. The lowest BCUT2D eigenvalue weighted by Crippen LogP contribution is -2.14. The quantitative estimate of drug-likeness (QED) is 0.0694. The maximum Gasteiger partial charge on any atom is 0.222 e. The topological polar surface area (TPSA) is 44.2 Å². The van der Waals surface area contributed by atoms with Gasteiger partial charge >= 0.3 is 0 Å². The molecular weight excluding hydrogens is 516 g/mol. The molecule has 0 spiro atoms. The van der Waals surface area contributed by atoms with Crippen molar-refractivity contribution in [1.29, 1.82) is 0 Å². The van der Waals surface area contributed by atoms with Gasteiger partial charge in [0.1, 0.15) is 0 Å². The second-order valence-corrected chi connectivity index (χ2v) is 12.6. The highest BCUT2D eigenvalue weighted by Gasteiger charge is 2.20. The lowest BCUT2D eigenvalue weighted by atomic mass is 9.96. The highest BCUT2D eigenvalue weighted by molar-refractivity contribution is 6.23. The second kappa shape index (κ2) is 17.5. The molecule has 2 aromatic carbocycles. The van der Waals surface area contributed by atoms with Gasteiger partial charge in [-0.2, -0.15) is 0 Å². The molecule has 0 aliphatic rings. The number of rotatable bonds is 22. The zero-order valence-electron chi connectivity index (χ0n) is 27.1. The van der Waals surface area contributed by atoms with Crippen molar-refractivity contribution in [1.82, 2.24) is 9.97 Å². The zero-order valence-corrected chi connectivity index (χ0v) is 27.1. The molecule has 2 aromatic heterocycles. The van der Waals surface area contributed by atoms with E-state index in [0.29, 0.717) is 11.8 Å². The Morgan fingerprint density at radius 1 is 0.500 bits per heavy atom. The maximum absolute atomic E-state index is 6.57. The fraction of sp³-hybridized carbons (Fsp3) is 0.632. The molecule has 230 valence electrons. The lowest BCUT2D eigenvalue weighted by molar-refractivity contribution is 0.220. The van der Waals surface area contributed by atoms with Crippen LogP contribution in [0.1, 0.15) is 130 Å². The van der Waals surface area contributed by atoms with Gasteiger partial charge in [-0.05, 0) is 61.8 Å². The van der Waals surface area contributed by atoms with Crippen LogP contribution in [0.3, 0.4) is 0 Å². The highest BCUT2D eigenvalue weighted by Crippen LogP contribution is 2.40. The van der Waals surface area contributed by atoms with Gasteiger partial charge in [-0.15, -0.1) is 0 Å². The van der Waals surface area contributed by atoms with E-state index < -0.39 is 0 Å². The number of aromatic nitrogens is 2. The molecule has 0 N–H and O–H groups in total. The van der Waals surface area contributed by atoms with Crippen molar-refractivity contribution in [2.24, 2.45) is 11.8 Å². The van der Waals surface area contributed by atoms with Crippen molar-refractivity contribution < 1.29 is 9.47 Å². The minimum absolute atomic E-state index is 0.581. The molecule has 0 saturated heterocycles. The van der Waals surface area contributed by atoms with Crippen LogP contribution in [-0.4, -0.2) is 23.2 Å². The van der Waals surface area contributed by atoms with Crippen LogP contribution >= 0.6 is 0 Å². The minimum atomic E-state index is 0.581. The van der Waals surface area contributed by atoms with E-state index in [9.17, 15) is 0 Å². The van der Waals surface area contributed by atoms with Gasteiger partial charge < -0.3 is 9.47 Å². The van der Waals surface area contributed by atoms with Gasteiger partial charge in [0.25, 0.3) is 0 Å². The van der Waals surface area contributed by atoms with Crippen LogP contribution in [0.2, 0.25) is 0 Å². The summed E-state index contributed by atoms with van der Waals surface area (Å²) >= 11 is 0. The zero-order chi connectivity index (χ0) is 29.6. The Morgan fingerprint density at radius 3 is 1.31 bits per heavy atom. The Labute approximate surface area is 255 Å². The molecular formula is C38H56N2O2. The summed E-state index contributed by atoms with van der Waals surface area (Å²) in [6, 6.07) is 12.7. The number of nitrogens with zero attached hydrogens (tertiary/aromatic N) is 2. The van der Waals surface area contributed by atoms with Gasteiger partial charge in [-0.3, -0.25) is 0 Å². The number of ether oxygens (including phenoxy) is 2. The van der Waals surface area contributed by atoms with Gasteiger partial charge in [-0.1, -0.05) is 117 Å². The summed E-state index contributed by atoms with van der Waals surface area (Å²) in [4.78, 5) is 10.2. The molecule has 4 heteroatoms. The Balaban J connectivity index is 1.57. The number of unbranched alkanes of at least 4 members (excludes halogenated alkanes) is 8. The van der Waals surface area contributed by atoms with Crippen molar-refractivity contribution in [2.45, 2.75) is 130 Å². The molecule has 0 saturated carbocycles. The first-order valence-electron chi connectivity index (χ1n) is 17.4. The molecule has 0 fully saturated rings. The van der Waals surface area contributed by atoms with Crippen molar-refractivity contribution in [3.05, 3.63) is 36.4 Å². The third-order valence-electron chi connectivity index (χ3n) is 9.01. The molecule has 2 heterocycles. The largest absolute Gasteiger partial charge is 0.477 e. The summed E-state index contributed by atoms with van der Waals surface area (Å²) < 4.78 is 13.1. The Bertz CT molecular complexity index is 1220. The van der Waals surface area contributed by atoms with Gasteiger partial charge in [0.2, 0.25) is 11.8 Å². The van der Waals surface area contributed by atoms with E-state index in [1.807, 2.05) is 0 Å². The van der Waals surface area contributed by atoms with Crippen molar-refractivity contribution in [2.75, 3.05) is 13.2 Å². The summed E-state index contributed by atoms with van der Waals surface area (Å²) in [6.45, 7) is 10.6. The van der Waals surface area contributed by atoms with Crippen molar-refractivity contribution >= 4 is 32.6 Å². The molecule has 42 heavy (non-hydrogen) atoms. The number of hydrogen-bond acceptors (Lipinski definition) is 4. The number of pyridine rings is 2. The first-order valence-corrected chi connectivity index (χ1v) is 17.4. The monoisotopic (exact) mass is 572 g/mol. The Kier molecular flexibility index (Phi) is 13.4. The van der Waals surface area contributed by atoms with E-state index in [-0.39, 0.29) is 0 Å². The highest BCUT2D eigenvalue weighted by atomic mass is 16.5. The van der Waals surface area contributed by atoms with Crippen LogP contribution in [0.15, 0.2) is 36.4 Å². The summed E-state index contributed by atoms with van der Waals surface area (Å²) in [6.07, 6.45) is 20.4. The van der Waals surface area contributed by atoms with Crippen LogP contribution in [-0.2, 0) is 0 Å². The third kappa shape index (κ3) is 8.71. The molecule has 0 radical (unpaired) electrons. The maximum atomic E-state index is 6.57. The van der Waals surface area contributed by atoms with Gasteiger partial charge in [0.15, 0.2) is 0 Å². The van der Waals surface area contributed by atoms with Crippen LogP contribution in [0.5, 0.6) is 11.8 Å². The second-order valence-electron chi connectivity index (χ2n) is 12.6. The fourth-order valence-electron chi connectivity index (χ4n) is 6.43. The standard InChI is InChI=1S/C38H56N2O2/c1-5-9-13-15-21-29(19-11-7-3)27-41-37-31-23-17-26-34-35(31)36-32(24-18-25-33(36)39-37)38(40-34)42-28-30(20-12-8-4)22-16-14-10-6-2/h17-18,23-26,29-30H,5-16,19-22,27-28H2,1-4H3. The third-order valence-corrected chi connectivity index (χ3v) is 9.01. The summed E-state index contributed by atoms with van der Waals surface area (Å²) in [5.74, 6) is 2.66. The van der Waals surface area contributed by atoms with Crippen LogP contribution in [0.25, 0.3) is 32.6 Å². The minimum Gasteiger partial charge on any atom is -0.477 e. The van der Waals surface area contributed by atoms with E-state index in [2.05, 4.69) is 64.1 Å². The van der Waals surface area contributed by atoms with Crippen LogP contribution < -0.4 is 9.47 Å². The first-order chi connectivity index (χ1) is 20.7.